The Morgan fingerprint density at radius 2 is 2.00 bits per heavy atom. The molecule has 6 heteroatoms. The summed E-state index contributed by atoms with van der Waals surface area (Å²) >= 11 is 0. The molecule has 0 aromatic heterocycles. The van der Waals surface area contributed by atoms with Gasteiger partial charge in [-0.3, -0.25) is 4.90 Å². The zero-order chi connectivity index (χ0) is 17.1. The summed E-state index contributed by atoms with van der Waals surface area (Å²) in [4.78, 5) is 13.5. The summed E-state index contributed by atoms with van der Waals surface area (Å²) < 4.78 is 33.1. The van der Waals surface area contributed by atoms with Gasteiger partial charge in [0.2, 0.25) is 0 Å². The van der Waals surface area contributed by atoms with Gasteiger partial charge in [-0.25, -0.2) is 13.6 Å². The number of ether oxygens (including phenoxy) is 1. The van der Waals surface area contributed by atoms with Crippen LogP contribution in [-0.4, -0.2) is 41.6 Å². The maximum atomic E-state index is 14.0. The highest BCUT2D eigenvalue weighted by Crippen LogP contribution is 2.28. The number of halogens is 2. The molecule has 0 radical (unpaired) electrons. The third-order valence-electron chi connectivity index (χ3n) is 3.45. The van der Waals surface area contributed by atoms with E-state index in [9.17, 15) is 13.6 Å². The number of rotatable bonds is 3. The molecule has 0 saturated carbocycles. The number of amides is 1. The monoisotopic (exact) mass is 326 g/mol. The van der Waals surface area contributed by atoms with Crippen molar-refractivity contribution in [2.45, 2.75) is 51.3 Å². The standard InChI is InChI=1S/C17H24F2N2O2/c1-16(2,3)23-15(22)20-14-9-17(18,19)12-21(11-14)10-13-7-5-4-6-8-13/h4-8,14H,9-12H2,1-3H3,(H,20,22). The van der Waals surface area contributed by atoms with Crippen LogP contribution in [-0.2, 0) is 11.3 Å². The first-order valence-electron chi connectivity index (χ1n) is 7.77. The summed E-state index contributed by atoms with van der Waals surface area (Å²) in [7, 11) is 0. The summed E-state index contributed by atoms with van der Waals surface area (Å²) in [5.74, 6) is -2.83. The molecule has 0 bridgehead atoms. The van der Waals surface area contributed by atoms with Gasteiger partial charge in [0, 0.05) is 19.5 Å². The van der Waals surface area contributed by atoms with Crippen molar-refractivity contribution in [3.63, 3.8) is 0 Å². The predicted molar refractivity (Wildman–Crippen MR) is 84.4 cm³/mol. The van der Waals surface area contributed by atoms with Crippen molar-refractivity contribution in [3.05, 3.63) is 35.9 Å². The number of hydrogen-bond donors (Lipinski definition) is 1. The van der Waals surface area contributed by atoms with Crippen molar-refractivity contribution < 1.29 is 18.3 Å². The third-order valence-corrected chi connectivity index (χ3v) is 3.45. The molecule has 1 heterocycles. The van der Waals surface area contributed by atoms with Crippen molar-refractivity contribution >= 4 is 6.09 Å². The van der Waals surface area contributed by atoms with E-state index in [2.05, 4.69) is 5.32 Å². The molecule has 1 aromatic rings. The molecule has 1 saturated heterocycles. The van der Waals surface area contributed by atoms with Crippen molar-refractivity contribution in [2.75, 3.05) is 13.1 Å². The fraction of sp³-hybridized carbons (Fsp3) is 0.588. The van der Waals surface area contributed by atoms with E-state index in [1.165, 1.54) is 0 Å². The normalized spacial score (nSPS) is 21.7. The van der Waals surface area contributed by atoms with Crippen LogP contribution in [0.15, 0.2) is 30.3 Å². The zero-order valence-electron chi connectivity index (χ0n) is 13.8. The number of nitrogens with zero attached hydrogens (tertiary/aromatic N) is 1. The van der Waals surface area contributed by atoms with Gasteiger partial charge >= 0.3 is 6.09 Å². The van der Waals surface area contributed by atoms with Crippen LogP contribution >= 0.6 is 0 Å². The first-order valence-corrected chi connectivity index (χ1v) is 7.77. The number of piperidine rings is 1. The van der Waals surface area contributed by atoms with Gasteiger partial charge in [-0.2, -0.15) is 0 Å². The van der Waals surface area contributed by atoms with E-state index in [-0.39, 0.29) is 13.0 Å². The lowest BCUT2D eigenvalue weighted by Crippen LogP contribution is -2.55. The van der Waals surface area contributed by atoms with E-state index in [1.54, 1.807) is 25.7 Å². The molecule has 2 rings (SSSR count). The first kappa shape index (κ1) is 17.7. The molecule has 1 aliphatic rings. The highest BCUT2D eigenvalue weighted by molar-refractivity contribution is 5.68. The summed E-state index contributed by atoms with van der Waals surface area (Å²) in [6, 6.07) is 8.84. The van der Waals surface area contributed by atoms with Gasteiger partial charge in [0.1, 0.15) is 5.60 Å². The minimum absolute atomic E-state index is 0.297. The maximum Gasteiger partial charge on any atom is 0.407 e. The van der Waals surface area contributed by atoms with Crippen LogP contribution in [0.25, 0.3) is 0 Å². The molecule has 1 fully saturated rings. The van der Waals surface area contributed by atoms with E-state index < -0.39 is 23.7 Å². The van der Waals surface area contributed by atoms with Crippen LogP contribution < -0.4 is 5.32 Å². The van der Waals surface area contributed by atoms with Gasteiger partial charge in [0.05, 0.1) is 12.6 Å². The van der Waals surface area contributed by atoms with Crippen molar-refractivity contribution in [1.82, 2.24) is 10.2 Å². The molecule has 1 aliphatic heterocycles. The van der Waals surface area contributed by atoms with Gasteiger partial charge in [-0.15, -0.1) is 0 Å². The van der Waals surface area contributed by atoms with Crippen LogP contribution in [0.5, 0.6) is 0 Å². The minimum atomic E-state index is -2.83. The zero-order valence-corrected chi connectivity index (χ0v) is 13.8. The number of nitrogens with one attached hydrogen (secondary N) is 1. The Morgan fingerprint density at radius 1 is 1.35 bits per heavy atom. The summed E-state index contributed by atoms with van der Waals surface area (Å²) in [6.45, 7) is 5.73. The molecule has 1 amide bonds. The molecule has 23 heavy (non-hydrogen) atoms. The van der Waals surface area contributed by atoms with Gasteiger partial charge in [-0.1, -0.05) is 30.3 Å². The molecule has 1 N–H and O–H groups in total. The molecule has 4 nitrogen and oxygen atoms in total. The summed E-state index contributed by atoms with van der Waals surface area (Å²) in [6.07, 6.45) is -1.02. The Kier molecular flexibility index (Phi) is 5.24. The van der Waals surface area contributed by atoms with Crippen LogP contribution in [0.4, 0.5) is 13.6 Å². The topological polar surface area (TPSA) is 41.6 Å². The predicted octanol–water partition coefficient (Wildman–Crippen LogP) is 3.42. The smallest absolute Gasteiger partial charge is 0.407 e. The average Bonchev–Trinajstić information content (AvgIpc) is 2.35. The average molecular weight is 326 g/mol. The van der Waals surface area contributed by atoms with Gasteiger partial charge in [0.25, 0.3) is 5.92 Å². The number of likely N-dealkylation sites (tertiary alicyclic amines) is 1. The number of carbonyl (C=O) groups excluding carboxylic acids is 1. The Hall–Kier alpha value is -1.69. The van der Waals surface area contributed by atoms with Crippen molar-refractivity contribution in [3.8, 4) is 0 Å². The molecule has 0 aliphatic carbocycles. The van der Waals surface area contributed by atoms with Crippen molar-refractivity contribution in [2.24, 2.45) is 0 Å². The Bertz CT molecular complexity index is 529. The van der Waals surface area contributed by atoms with Crippen molar-refractivity contribution in [1.29, 1.82) is 0 Å². The molecular weight excluding hydrogens is 302 g/mol. The first-order chi connectivity index (χ1) is 10.6. The van der Waals surface area contributed by atoms with Gasteiger partial charge < -0.3 is 10.1 Å². The third kappa shape index (κ3) is 6.14. The second-order valence-electron chi connectivity index (χ2n) is 7.06. The second-order valence-corrected chi connectivity index (χ2v) is 7.06. The highest BCUT2D eigenvalue weighted by atomic mass is 19.3. The second kappa shape index (κ2) is 6.83. The maximum absolute atomic E-state index is 14.0. The number of benzene rings is 1. The molecule has 1 unspecified atom stereocenters. The Labute approximate surface area is 135 Å². The molecule has 1 aromatic carbocycles. The summed E-state index contributed by atoms with van der Waals surface area (Å²) in [5.41, 5.74) is 0.326. The van der Waals surface area contributed by atoms with E-state index >= 15 is 0 Å². The SMILES string of the molecule is CC(C)(C)OC(=O)NC1CN(Cc2ccccc2)CC(F)(F)C1. The number of hydrogen-bond acceptors (Lipinski definition) is 3. The molecule has 1 atom stereocenters. The quantitative estimate of drug-likeness (QED) is 0.925. The molecular formula is C17H24F2N2O2. The number of alkyl carbamates (subject to hydrolysis) is 1. The van der Waals surface area contributed by atoms with E-state index in [0.717, 1.165) is 5.56 Å². The van der Waals surface area contributed by atoms with Crippen LogP contribution in [0, 0.1) is 0 Å². The van der Waals surface area contributed by atoms with Gasteiger partial charge in [0.15, 0.2) is 0 Å². The lowest BCUT2D eigenvalue weighted by molar-refractivity contribution is -0.0774. The summed E-state index contributed by atoms with van der Waals surface area (Å²) in [5, 5.41) is 2.56. The fourth-order valence-corrected chi connectivity index (χ4v) is 2.73. The highest BCUT2D eigenvalue weighted by Gasteiger charge is 2.41. The van der Waals surface area contributed by atoms with E-state index in [4.69, 9.17) is 4.74 Å². The number of alkyl halides is 2. The lowest BCUT2D eigenvalue weighted by Gasteiger charge is -2.38. The van der Waals surface area contributed by atoms with Crippen LogP contribution in [0.1, 0.15) is 32.8 Å². The molecule has 0 spiro atoms. The largest absolute Gasteiger partial charge is 0.444 e. The van der Waals surface area contributed by atoms with E-state index in [1.807, 2.05) is 30.3 Å². The van der Waals surface area contributed by atoms with Crippen LogP contribution in [0.2, 0.25) is 0 Å². The lowest BCUT2D eigenvalue weighted by atomic mass is 10.0. The Morgan fingerprint density at radius 3 is 2.61 bits per heavy atom. The fourth-order valence-electron chi connectivity index (χ4n) is 2.73. The number of carbonyl (C=O) groups is 1. The van der Waals surface area contributed by atoms with E-state index in [0.29, 0.717) is 13.1 Å². The van der Waals surface area contributed by atoms with Gasteiger partial charge in [-0.05, 0) is 26.3 Å². The minimum Gasteiger partial charge on any atom is -0.444 e. The Balaban J connectivity index is 1.97. The molecule has 128 valence electrons. The van der Waals surface area contributed by atoms with Crippen LogP contribution in [0.3, 0.4) is 0 Å².